The molecule has 1 aromatic rings. The van der Waals surface area contributed by atoms with Crippen LogP contribution in [-0.2, 0) is 14.3 Å². The average molecular weight is 437 g/mol. The number of halogens is 1. The Morgan fingerprint density at radius 1 is 1.29 bits per heavy atom. The van der Waals surface area contributed by atoms with E-state index in [1.165, 1.54) is 0 Å². The first-order chi connectivity index (χ1) is 11.5. The molecule has 1 unspecified atom stereocenters. The first-order valence-corrected chi connectivity index (χ1v) is 9.27. The second kappa shape index (κ2) is 7.09. The monoisotopic (exact) mass is 437 g/mol. The molecular weight excluding hydrogens is 417 g/mol. The number of allylic oxidation sites excluding steroid dienone is 3. The average Bonchev–Trinajstić information content (AvgIpc) is 2.55. The van der Waals surface area contributed by atoms with Gasteiger partial charge in [0.05, 0.1) is 12.2 Å². The van der Waals surface area contributed by atoms with Crippen molar-refractivity contribution in [3.8, 4) is 0 Å². The molecule has 24 heavy (non-hydrogen) atoms. The predicted molar refractivity (Wildman–Crippen MR) is 100 cm³/mol. The maximum absolute atomic E-state index is 12.6. The van der Waals surface area contributed by atoms with E-state index in [-0.39, 0.29) is 17.7 Å². The molecule has 0 saturated heterocycles. The van der Waals surface area contributed by atoms with E-state index in [4.69, 9.17) is 4.74 Å². The summed E-state index contributed by atoms with van der Waals surface area (Å²) in [6.07, 6.45) is 2.23. The van der Waals surface area contributed by atoms with Crippen molar-refractivity contribution in [1.29, 1.82) is 0 Å². The van der Waals surface area contributed by atoms with Gasteiger partial charge in [0.15, 0.2) is 5.78 Å². The molecule has 0 aromatic heterocycles. The minimum Gasteiger partial charge on any atom is -0.463 e. The van der Waals surface area contributed by atoms with Crippen molar-refractivity contribution in [2.24, 2.45) is 0 Å². The van der Waals surface area contributed by atoms with Gasteiger partial charge in [0.1, 0.15) is 0 Å². The van der Waals surface area contributed by atoms with Crippen LogP contribution in [-0.4, -0.2) is 18.4 Å². The molecule has 1 aliphatic heterocycles. The van der Waals surface area contributed by atoms with Gasteiger partial charge in [-0.2, -0.15) is 0 Å². The van der Waals surface area contributed by atoms with E-state index >= 15 is 0 Å². The van der Waals surface area contributed by atoms with Gasteiger partial charge in [0, 0.05) is 32.9 Å². The van der Waals surface area contributed by atoms with Crippen LogP contribution in [0, 0.1) is 3.57 Å². The quantitative estimate of drug-likeness (QED) is 0.577. The zero-order chi connectivity index (χ0) is 17.3. The summed E-state index contributed by atoms with van der Waals surface area (Å²) in [4.78, 5) is 25.2. The molecular formula is C19H20INO3. The van der Waals surface area contributed by atoms with Crippen LogP contribution in [0.3, 0.4) is 0 Å². The molecule has 1 heterocycles. The van der Waals surface area contributed by atoms with E-state index < -0.39 is 0 Å². The van der Waals surface area contributed by atoms with Crippen LogP contribution in [0.25, 0.3) is 0 Å². The molecule has 0 fully saturated rings. The van der Waals surface area contributed by atoms with E-state index in [2.05, 4.69) is 27.9 Å². The maximum Gasteiger partial charge on any atom is 0.336 e. The molecule has 1 N–H and O–H groups in total. The van der Waals surface area contributed by atoms with Gasteiger partial charge in [-0.05, 0) is 67.0 Å². The van der Waals surface area contributed by atoms with Crippen LogP contribution in [0.1, 0.15) is 44.6 Å². The Labute approximate surface area is 155 Å². The largest absolute Gasteiger partial charge is 0.463 e. The van der Waals surface area contributed by atoms with Crippen LogP contribution in [0.4, 0.5) is 0 Å². The number of ketones is 1. The fourth-order valence-electron chi connectivity index (χ4n) is 3.45. The molecule has 0 spiro atoms. The van der Waals surface area contributed by atoms with Crippen molar-refractivity contribution in [2.45, 2.75) is 39.0 Å². The van der Waals surface area contributed by atoms with Gasteiger partial charge in [-0.1, -0.05) is 12.1 Å². The van der Waals surface area contributed by atoms with Crippen LogP contribution in [0.5, 0.6) is 0 Å². The van der Waals surface area contributed by atoms with Crippen molar-refractivity contribution in [2.75, 3.05) is 6.61 Å². The van der Waals surface area contributed by atoms with Gasteiger partial charge in [-0.15, -0.1) is 0 Å². The Kier molecular flexibility index (Phi) is 5.08. The molecule has 0 amide bonds. The Morgan fingerprint density at radius 2 is 2.00 bits per heavy atom. The number of hydrogen-bond acceptors (Lipinski definition) is 4. The van der Waals surface area contributed by atoms with Crippen molar-refractivity contribution >= 4 is 34.3 Å². The molecule has 4 nitrogen and oxygen atoms in total. The summed E-state index contributed by atoms with van der Waals surface area (Å²) in [5.74, 6) is -0.567. The summed E-state index contributed by atoms with van der Waals surface area (Å²) >= 11 is 2.25. The molecule has 3 rings (SSSR count). The van der Waals surface area contributed by atoms with Crippen molar-refractivity contribution < 1.29 is 14.3 Å². The SMILES string of the molecule is CCOC(=O)C1=C(C)NC2=C(C(=O)CCC2)C1c1ccc(I)cc1. The van der Waals surface area contributed by atoms with Crippen LogP contribution >= 0.6 is 22.6 Å². The Hall–Kier alpha value is -1.63. The van der Waals surface area contributed by atoms with Crippen LogP contribution < -0.4 is 5.32 Å². The Balaban J connectivity index is 2.15. The molecule has 0 radical (unpaired) electrons. The van der Waals surface area contributed by atoms with Crippen molar-refractivity contribution in [3.63, 3.8) is 0 Å². The molecule has 1 atom stereocenters. The number of dihydropyridines is 1. The summed E-state index contributed by atoms with van der Waals surface area (Å²) in [6, 6.07) is 8.00. The topological polar surface area (TPSA) is 55.4 Å². The number of Topliss-reactive ketones (excluding diaryl/α,β-unsaturated/α-hetero) is 1. The predicted octanol–water partition coefficient (Wildman–Crippen LogP) is 3.82. The third kappa shape index (κ3) is 3.14. The highest BCUT2D eigenvalue weighted by molar-refractivity contribution is 14.1. The third-order valence-electron chi connectivity index (χ3n) is 4.47. The molecule has 1 aliphatic carbocycles. The van der Waals surface area contributed by atoms with Gasteiger partial charge >= 0.3 is 5.97 Å². The number of esters is 1. The number of rotatable bonds is 3. The van der Waals surface area contributed by atoms with E-state index in [1.807, 2.05) is 31.2 Å². The van der Waals surface area contributed by atoms with Gasteiger partial charge in [-0.25, -0.2) is 4.79 Å². The summed E-state index contributed by atoms with van der Waals surface area (Å²) in [5, 5.41) is 3.29. The van der Waals surface area contributed by atoms with Gasteiger partial charge in [0.25, 0.3) is 0 Å². The fraction of sp³-hybridized carbons (Fsp3) is 0.368. The summed E-state index contributed by atoms with van der Waals surface area (Å²) in [5.41, 5.74) is 3.98. The minimum atomic E-state index is -0.351. The normalized spacial score (nSPS) is 20.6. The highest BCUT2D eigenvalue weighted by Crippen LogP contribution is 2.42. The first-order valence-electron chi connectivity index (χ1n) is 8.19. The second-order valence-electron chi connectivity index (χ2n) is 6.04. The number of nitrogens with one attached hydrogen (secondary N) is 1. The zero-order valence-electron chi connectivity index (χ0n) is 13.8. The van der Waals surface area contributed by atoms with Crippen LogP contribution in [0.2, 0.25) is 0 Å². The lowest BCUT2D eigenvalue weighted by atomic mass is 9.75. The van der Waals surface area contributed by atoms with Crippen molar-refractivity contribution in [3.05, 3.63) is 55.9 Å². The van der Waals surface area contributed by atoms with E-state index in [0.717, 1.165) is 38.9 Å². The molecule has 0 saturated carbocycles. The second-order valence-corrected chi connectivity index (χ2v) is 7.28. The van der Waals surface area contributed by atoms with E-state index in [9.17, 15) is 9.59 Å². The van der Waals surface area contributed by atoms with Gasteiger partial charge in [-0.3, -0.25) is 4.79 Å². The molecule has 126 valence electrons. The molecule has 2 aliphatic rings. The Morgan fingerprint density at radius 3 is 2.67 bits per heavy atom. The fourth-order valence-corrected chi connectivity index (χ4v) is 3.81. The summed E-state index contributed by atoms with van der Waals surface area (Å²) in [7, 11) is 0. The summed E-state index contributed by atoms with van der Waals surface area (Å²) in [6.45, 7) is 3.99. The van der Waals surface area contributed by atoms with Gasteiger partial charge < -0.3 is 10.1 Å². The highest BCUT2D eigenvalue weighted by Gasteiger charge is 2.38. The minimum absolute atomic E-state index is 0.126. The molecule has 0 bridgehead atoms. The first kappa shape index (κ1) is 17.2. The van der Waals surface area contributed by atoms with E-state index in [0.29, 0.717) is 18.6 Å². The lowest BCUT2D eigenvalue weighted by Crippen LogP contribution is -2.34. The lowest BCUT2D eigenvalue weighted by molar-refractivity contribution is -0.138. The number of benzene rings is 1. The summed E-state index contributed by atoms with van der Waals surface area (Å²) < 4.78 is 6.39. The van der Waals surface area contributed by atoms with Crippen molar-refractivity contribution in [1.82, 2.24) is 5.32 Å². The number of hydrogen-bond donors (Lipinski definition) is 1. The Bertz CT molecular complexity index is 746. The number of ether oxygens (including phenoxy) is 1. The lowest BCUT2D eigenvalue weighted by Gasteiger charge is -2.34. The highest BCUT2D eigenvalue weighted by atomic mass is 127. The molecule has 1 aromatic carbocycles. The zero-order valence-corrected chi connectivity index (χ0v) is 16.0. The number of carbonyl (C=O) groups excluding carboxylic acids is 2. The van der Waals surface area contributed by atoms with Crippen LogP contribution in [0.15, 0.2) is 46.8 Å². The smallest absolute Gasteiger partial charge is 0.336 e. The number of carbonyl (C=O) groups is 2. The van der Waals surface area contributed by atoms with Gasteiger partial charge in [0.2, 0.25) is 0 Å². The third-order valence-corrected chi connectivity index (χ3v) is 5.19. The van der Waals surface area contributed by atoms with E-state index in [1.54, 1.807) is 6.92 Å². The standard InChI is InChI=1S/C19H20INO3/c1-3-24-19(23)16-11(2)21-14-5-4-6-15(22)18(14)17(16)12-7-9-13(20)10-8-12/h7-10,17,21H,3-6H2,1-2H3. The molecule has 5 heteroatoms. The maximum atomic E-state index is 12.6.